The molecule has 1 aliphatic heterocycles. The minimum absolute atomic E-state index is 0.0930. The van der Waals surface area contributed by atoms with Crippen LogP contribution in [0.25, 0.3) is 0 Å². The van der Waals surface area contributed by atoms with Gasteiger partial charge in [-0.25, -0.2) is 0 Å². The third kappa shape index (κ3) is 6.01. The fourth-order valence-electron chi connectivity index (χ4n) is 5.84. The molecule has 0 radical (unpaired) electrons. The van der Waals surface area contributed by atoms with Crippen LogP contribution in [0.15, 0.2) is 77.3 Å². The van der Waals surface area contributed by atoms with Crippen LogP contribution in [0.2, 0.25) is 5.04 Å². The molecule has 4 rings (SSSR count). The van der Waals surface area contributed by atoms with Crippen molar-refractivity contribution in [2.75, 3.05) is 13.7 Å². The Morgan fingerprint density at radius 2 is 1.56 bits per heavy atom. The SMILES string of the molecule is COc1ccc(Br)c2c1[C@@H](CCCO[Si](c1ccccc1)(c1ccccc1)C(C)(C)C)O[C@@H](CCC#N)[C@H]2O. The van der Waals surface area contributed by atoms with Crippen LogP contribution in [0, 0.1) is 11.3 Å². The molecule has 0 amide bonds. The summed E-state index contributed by atoms with van der Waals surface area (Å²) in [6.07, 6.45) is 0.699. The van der Waals surface area contributed by atoms with E-state index >= 15 is 0 Å². The monoisotopic (exact) mass is 607 g/mol. The second-order valence-electron chi connectivity index (χ2n) is 11.0. The fourth-order valence-corrected chi connectivity index (χ4v) is 11.0. The first-order valence-electron chi connectivity index (χ1n) is 13.6. The van der Waals surface area contributed by atoms with E-state index in [9.17, 15) is 5.11 Å². The molecule has 0 saturated heterocycles. The van der Waals surface area contributed by atoms with Gasteiger partial charge in [-0.2, -0.15) is 5.26 Å². The number of ether oxygens (including phenoxy) is 2. The molecule has 7 heteroatoms. The first-order valence-corrected chi connectivity index (χ1v) is 16.3. The van der Waals surface area contributed by atoms with E-state index in [4.69, 9.17) is 19.2 Å². The van der Waals surface area contributed by atoms with Crippen molar-refractivity contribution in [1.82, 2.24) is 0 Å². The number of fused-ring (bicyclic) bond motifs is 1. The Hall–Kier alpha value is -2.47. The Morgan fingerprint density at radius 1 is 0.949 bits per heavy atom. The summed E-state index contributed by atoms with van der Waals surface area (Å²) in [5, 5.41) is 22.7. The maximum Gasteiger partial charge on any atom is 0.261 e. The minimum atomic E-state index is -2.63. The normalized spacial score (nSPS) is 19.3. The topological polar surface area (TPSA) is 71.7 Å². The van der Waals surface area contributed by atoms with E-state index in [1.165, 1.54) is 10.4 Å². The maximum absolute atomic E-state index is 11.1. The molecule has 0 unspecified atom stereocenters. The van der Waals surface area contributed by atoms with Crippen LogP contribution < -0.4 is 15.1 Å². The van der Waals surface area contributed by atoms with Gasteiger partial charge in [0.1, 0.15) is 11.9 Å². The average molecular weight is 609 g/mol. The molecule has 3 atom stereocenters. The highest BCUT2D eigenvalue weighted by Gasteiger charge is 2.50. The molecule has 1 aliphatic rings. The zero-order chi connectivity index (χ0) is 28.0. The van der Waals surface area contributed by atoms with Crippen LogP contribution in [0.1, 0.15) is 69.8 Å². The second-order valence-corrected chi connectivity index (χ2v) is 16.2. The number of hydrogen-bond donors (Lipinski definition) is 1. The van der Waals surface area contributed by atoms with Gasteiger partial charge >= 0.3 is 0 Å². The molecule has 206 valence electrons. The average Bonchev–Trinajstić information content (AvgIpc) is 2.94. The molecule has 0 fully saturated rings. The first-order chi connectivity index (χ1) is 18.7. The smallest absolute Gasteiger partial charge is 0.261 e. The number of aliphatic hydroxyl groups excluding tert-OH is 1. The number of halogens is 1. The van der Waals surface area contributed by atoms with E-state index in [-0.39, 0.29) is 11.1 Å². The van der Waals surface area contributed by atoms with Crippen LogP contribution in [0.5, 0.6) is 5.75 Å². The number of nitriles is 1. The van der Waals surface area contributed by atoms with Crippen LogP contribution in [0.4, 0.5) is 0 Å². The molecule has 0 spiro atoms. The lowest BCUT2D eigenvalue weighted by molar-refractivity contribution is -0.104. The van der Waals surface area contributed by atoms with Gasteiger partial charge in [0.2, 0.25) is 0 Å². The highest BCUT2D eigenvalue weighted by molar-refractivity contribution is 9.10. The lowest BCUT2D eigenvalue weighted by Gasteiger charge is -2.43. The van der Waals surface area contributed by atoms with Crippen molar-refractivity contribution < 1.29 is 19.0 Å². The lowest BCUT2D eigenvalue weighted by Crippen LogP contribution is -2.66. The molecule has 1 heterocycles. The zero-order valence-electron chi connectivity index (χ0n) is 23.2. The van der Waals surface area contributed by atoms with E-state index < -0.39 is 20.5 Å². The van der Waals surface area contributed by atoms with Gasteiger partial charge in [-0.1, -0.05) is 97.4 Å². The van der Waals surface area contributed by atoms with Gasteiger partial charge in [-0.3, -0.25) is 0 Å². The molecule has 0 aromatic heterocycles. The van der Waals surface area contributed by atoms with Gasteiger partial charge in [-0.15, -0.1) is 0 Å². The predicted molar refractivity (Wildman–Crippen MR) is 161 cm³/mol. The molecular weight excluding hydrogens is 570 g/mol. The van der Waals surface area contributed by atoms with Gasteiger partial charge in [-0.05, 0) is 46.8 Å². The maximum atomic E-state index is 11.1. The molecule has 1 N–H and O–H groups in total. The highest BCUT2D eigenvalue weighted by Crippen LogP contribution is 2.47. The molecule has 3 aromatic rings. The van der Waals surface area contributed by atoms with Crippen molar-refractivity contribution in [3.05, 3.63) is 88.4 Å². The van der Waals surface area contributed by atoms with Crippen molar-refractivity contribution in [3.8, 4) is 11.8 Å². The molecule has 0 aliphatic carbocycles. The van der Waals surface area contributed by atoms with Crippen LogP contribution in [-0.2, 0) is 9.16 Å². The van der Waals surface area contributed by atoms with E-state index in [1.54, 1.807) is 7.11 Å². The summed E-state index contributed by atoms with van der Waals surface area (Å²) in [7, 11) is -0.986. The number of nitrogens with zero attached hydrogens (tertiary/aromatic N) is 1. The Labute approximate surface area is 242 Å². The number of methoxy groups -OCH3 is 1. The van der Waals surface area contributed by atoms with Crippen LogP contribution in [-0.4, -0.2) is 33.2 Å². The molecular formula is C32H38BrNO4Si. The number of hydrogen-bond acceptors (Lipinski definition) is 5. The van der Waals surface area contributed by atoms with Gasteiger partial charge in [0, 0.05) is 28.6 Å². The van der Waals surface area contributed by atoms with Gasteiger partial charge < -0.3 is 19.0 Å². The van der Waals surface area contributed by atoms with Crippen molar-refractivity contribution >= 4 is 34.6 Å². The summed E-state index contributed by atoms with van der Waals surface area (Å²) in [5.74, 6) is 0.698. The number of aliphatic hydroxyl groups is 1. The Morgan fingerprint density at radius 3 is 2.10 bits per heavy atom. The van der Waals surface area contributed by atoms with E-state index in [0.29, 0.717) is 31.6 Å². The van der Waals surface area contributed by atoms with Gasteiger partial charge in [0.05, 0.1) is 25.4 Å². The third-order valence-electron chi connectivity index (χ3n) is 7.61. The molecule has 0 bridgehead atoms. The summed E-state index contributed by atoms with van der Waals surface area (Å²) in [5.41, 5.74) is 1.67. The zero-order valence-corrected chi connectivity index (χ0v) is 25.8. The van der Waals surface area contributed by atoms with Crippen LogP contribution >= 0.6 is 15.9 Å². The number of rotatable bonds is 10. The number of benzene rings is 3. The molecule has 0 saturated carbocycles. The summed E-state index contributed by atoms with van der Waals surface area (Å²) < 4.78 is 20.1. The standard InChI is InChI=1S/C32H38BrNO4Si/c1-32(2,3)39(23-13-7-5-8-14-23,24-15-9-6-10-16-24)37-22-12-18-27-30-26(36-4)20-19-25(33)29(30)31(35)28(38-27)17-11-21-34/h5-10,13-16,19-20,27-28,31,35H,11-12,17-18,22H2,1-4H3/t27-,28+,31-/m1/s1. The second kappa shape index (κ2) is 12.8. The van der Waals surface area contributed by atoms with Gasteiger partial charge in [0.15, 0.2) is 0 Å². The largest absolute Gasteiger partial charge is 0.496 e. The van der Waals surface area contributed by atoms with E-state index in [2.05, 4.69) is 103 Å². The first kappa shape index (κ1) is 29.5. The summed E-state index contributed by atoms with van der Waals surface area (Å²) >= 11 is 3.64. The third-order valence-corrected chi connectivity index (χ3v) is 13.3. The molecule has 39 heavy (non-hydrogen) atoms. The van der Waals surface area contributed by atoms with E-state index in [0.717, 1.165) is 22.0 Å². The molecule has 5 nitrogen and oxygen atoms in total. The van der Waals surface area contributed by atoms with Crippen molar-refractivity contribution in [3.63, 3.8) is 0 Å². The lowest BCUT2D eigenvalue weighted by atomic mass is 9.88. The predicted octanol–water partition coefficient (Wildman–Crippen LogP) is 6.59. The van der Waals surface area contributed by atoms with Crippen molar-refractivity contribution in [2.45, 2.75) is 69.8 Å². The Balaban J connectivity index is 1.62. The van der Waals surface area contributed by atoms with E-state index in [1.807, 2.05) is 12.1 Å². The quantitative estimate of drug-likeness (QED) is 0.208. The summed E-state index contributed by atoms with van der Waals surface area (Å²) in [6, 6.07) is 27.3. The van der Waals surface area contributed by atoms with Crippen molar-refractivity contribution in [1.29, 1.82) is 5.26 Å². The minimum Gasteiger partial charge on any atom is -0.496 e. The van der Waals surface area contributed by atoms with Gasteiger partial charge in [0.25, 0.3) is 8.32 Å². The van der Waals surface area contributed by atoms with Crippen LogP contribution in [0.3, 0.4) is 0 Å². The Bertz CT molecular complexity index is 1230. The Kier molecular flexibility index (Phi) is 9.68. The molecule has 3 aromatic carbocycles. The fraction of sp³-hybridized carbons (Fsp3) is 0.406. The summed E-state index contributed by atoms with van der Waals surface area (Å²) in [6.45, 7) is 7.42. The van der Waals surface area contributed by atoms with Crippen molar-refractivity contribution in [2.24, 2.45) is 0 Å². The highest BCUT2D eigenvalue weighted by atomic mass is 79.9. The summed E-state index contributed by atoms with van der Waals surface area (Å²) in [4.78, 5) is 0.